The van der Waals surface area contributed by atoms with Gasteiger partial charge in [-0.1, -0.05) is 13.8 Å². The van der Waals surface area contributed by atoms with E-state index in [-0.39, 0.29) is 11.3 Å². The molecule has 5 nitrogen and oxygen atoms in total. The third kappa shape index (κ3) is 4.29. The second-order valence-corrected chi connectivity index (χ2v) is 5.76. The molecule has 5 heteroatoms. The molecule has 1 amide bonds. The molecule has 1 aliphatic heterocycles. The van der Waals surface area contributed by atoms with Crippen LogP contribution in [0.1, 0.15) is 33.1 Å². The van der Waals surface area contributed by atoms with E-state index in [0.29, 0.717) is 32.5 Å². The van der Waals surface area contributed by atoms with E-state index < -0.39 is 11.9 Å². The molecule has 1 unspecified atom stereocenters. The number of carbonyl (C=O) groups excluding carboxylic acids is 1. The maximum absolute atomic E-state index is 11.8. The number of ether oxygens (including phenoxy) is 1. The molecule has 1 heterocycles. The Morgan fingerprint density at radius 3 is 2.78 bits per heavy atom. The molecule has 0 spiro atoms. The van der Waals surface area contributed by atoms with Crippen molar-refractivity contribution in [1.29, 1.82) is 0 Å². The summed E-state index contributed by atoms with van der Waals surface area (Å²) in [7, 11) is 1.66. The zero-order valence-electron chi connectivity index (χ0n) is 11.4. The molecule has 18 heavy (non-hydrogen) atoms. The number of methoxy groups -OCH3 is 1. The minimum absolute atomic E-state index is 0.0495. The van der Waals surface area contributed by atoms with Crippen LogP contribution in [-0.2, 0) is 14.3 Å². The summed E-state index contributed by atoms with van der Waals surface area (Å²) in [5, 5.41) is 9.02. The van der Waals surface area contributed by atoms with Crippen LogP contribution in [0.4, 0.5) is 0 Å². The fraction of sp³-hybridized carbons (Fsp3) is 0.846. The van der Waals surface area contributed by atoms with Crippen molar-refractivity contribution in [1.82, 2.24) is 4.90 Å². The second-order valence-electron chi connectivity index (χ2n) is 5.76. The molecule has 1 rings (SSSR count). The first kappa shape index (κ1) is 15.0. The summed E-state index contributed by atoms with van der Waals surface area (Å²) < 4.78 is 5.06. The lowest BCUT2D eigenvalue weighted by Crippen LogP contribution is -2.46. The molecular formula is C13H23NO4. The number of piperidine rings is 1. The molecule has 1 aliphatic rings. The third-order valence-electron chi connectivity index (χ3n) is 3.45. The molecule has 104 valence electrons. The Hall–Kier alpha value is -1.10. The quantitative estimate of drug-likeness (QED) is 0.780. The minimum Gasteiger partial charge on any atom is -0.481 e. The van der Waals surface area contributed by atoms with E-state index in [1.165, 1.54) is 0 Å². The number of rotatable bonds is 6. The highest BCUT2D eigenvalue weighted by atomic mass is 16.5. The molecule has 1 fully saturated rings. The van der Waals surface area contributed by atoms with Crippen LogP contribution in [0, 0.1) is 11.3 Å². The molecule has 1 atom stereocenters. The zero-order chi connectivity index (χ0) is 13.8. The molecule has 0 aromatic carbocycles. The van der Waals surface area contributed by atoms with Crippen LogP contribution < -0.4 is 0 Å². The van der Waals surface area contributed by atoms with Gasteiger partial charge in [0, 0.05) is 33.2 Å². The van der Waals surface area contributed by atoms with Crippen LogP contribution in [-0.4, -0.2) is 48.7 Å². The Bertz CT molecular complexity index is 314. The Kier molecular flexibility index (Phi) is 5.14. The predicted octanol–water partition coefficient (Wildman–Crippen LogP) is 1.37. The van der Waals surface area contributed by atoms with Gasteiger partial charge in [0.2, 0.25) is 5.91 Å². The molecule has 0 aromatic rings. The van der Waals surface area contributed by atoms with Crippen molar-refractivity contribution in [2.45, 2.75) is 33.1 Å². The second kappa shape index (κ2) is 6.18. The summed E-state index contributed by atoms with van der Waals surface area (Å²) in [5.74, 6) is -1.15. The van der Waals surface area contributed by atoms with Gasteiger partial charge in [0.05, 0.1) is 5.92 Å². The van der Waals surface area contributed by atoms with Gasteiger partial charge in [0.15, 0.2) is 0 Å². The van der Waals surface area contributed by atoms with E-state index in [1.807, 2.05) is 0 Å². The summed E-state index contributed by atoms with van der Waals surface area (Å²) in [5.41, 5.74) is -0.0495. The maximum atomic E-state index is 11.8. The van der Waals surface area contributed by atoms with Gasteiger partial charge in [-0.05, 0) is 18.3 Å². The van der Waals surface area contributed by atoms with Gasteiger partial charge in [-0.15, -0.1) is 0 Å². The highest BCUT2D eigenvalue weighted by molar-refractivity contribution is 5.80. The SMILES string of the molecule is COCCC(C)(C)CN1CC(C(=O)O)CCC1=O. The first-order valence-electron chi connectivity index (χ1n) is 6.35. The van der Waals surface area contributed by atoms with Crippen molar-refractivity contribution in [2.75, 3.05) is 26.8 Å². The van der Waals surface area contributed by atoms with Crippen LogP contribution >= 0.6 is 0 Å². The normalized spacial score (nSPS) is 21.2. The number of carbonyl (C=O) groups is 2. The van der Waals surface area contributed by atoms with Crippen LogP contribution in [0.2, 0.25) is 0 Å². The number of carboxylic acids is 1. The van der Waals surface area contributed by atoms with Gasteiger partial charge in [-0.2, -0.15) is 0 Å². The molecule has 0 bridgehead atoms. The average molecular weight is 257 g/mol. The van der Waals surface area contributed by atoms with Crippen molar-refractivity contribution in [3.63, 3.8) is 0 Å². The highest BCUT2D eigenvalue weighted by Gasteiger charge is 2.33. The summed E-state index contributed by atoms with van der Waals surface area (Å²) in [6.07, 6.45) is 1.66. The number of carboxylic acid groups (broad SMARTS) is 1. The summed E-state index contributed by atoms with van der Waals surface area (Å²) in [4.78, 5) is 24.5. The Morgan fingerprint density at radius 1 is 1.56 bits per heavy atom. The van der Waals surface area contributed by atoms with Gasteiger partial charge in [-0.25, -0.2) is 0 Å². The van der Waals surface area contributed by atoms with Crippen LogP contribution in [0.25, 0.3) is 0 Å². The molecule has 1 saturated heterocycles. The zero-order valence-corrected chi connectivity index (χ0v) is 11.4. The van der Waals surface area contributed by atoms with Gasteiger partial charge < -0.3 is 14.7 Å². The van der Waals surface area contributed by atoms with Crippen molar-refractivity contribution in [3.8, 4) is 0 Å². The summed E-state index contributed by atoms with van der Waals surface area (Å²) >= 11 is 0. The smallest absolute Gasteiger partial charge is 0.308 e. The Labute approximate surface area is 108 Å². The first-order valence-corrected chi connectivity index (χ1v) is 6.35. The van der Waals surface area contributed by atoms with Crippen molar-refractivity contribution in [3.05, 3.63) is 0 Å². The van der Waals surface area contributed by atoms with E-state index in [1.54, 1.807) is 12.0 Å². The standard InChI is InChI=1S/C13H23NO4/c1-13(2,6-7-18-3)9-14-8-10(12(16)17)4-5-11(14)15/h10H,4-9H2,1-3H3,(H,16,17). The number of likely N-dealkylation sites (tertiary alicyclic amines) is 1. The largest absolute Gasteiger partial charge is 0.481 e. The maximum Gasteiger partial charge on any atom is 0.308 e. The number of aliphatic carboxylic acids is 1. The van der Waals surface area contributed by atoms with E-state index in [2.05, 4.69) is 13.8 Å². The number of hydrogen-bond donors (Lipinski definition) is 1. The van der Waals surface area contributed by atoms with Gasteiger partial charge >= 0.3 is 5.97 Å². The average Bonchev–Trinajstić information content (AvgIpc) is 2.29. The lowest BCUT2D eigenvalue weighted by Gasteiger charge is -2.36. The van der Waals surface area contributed by atoms with Crippen LogP contribution in [0.3, 0.4) is 0 Å². The van der Waals surface area contributed by atoms with Crippen LogP contribution in [0.15, 0.2) is 0 Å². The Balaban J connectivity index is 2.57. The fourth-order valence-electron chi connectivity index (χ4n) is 2.24. The molecule has 0 radical (unpaired) electrons. The molecule has 0 saturated carbocycles. The van der Waals surface area contributed by atoms with E-state index >= 15 is 0 Å². The van der Waals surface area contributed by atoms with E-state index in [4.69, 9.17) is 9.84 Å². The fourth-order valence-corrected chi connectivity index (χ4v) is 2.24. The first-order chi connectivity index (χ1) is 8.35. The molecule has 1 N–H and O–H groups in total. The van der Waals surface area contributed by atoms with Gasteiger partial charge in [0.1, 0.15) is 0 Å². The Morgan fingerprint density at radius 2 is 2.22 bits per heavy atom. The third-order valence-corrected chi connectivity index (χ3v) is 3.45. The monoisotopic (exact) mass is 257 g/mol. The number of nitrogens with zero attached hydrogens (tertiary/aromatic N) is 1. The predicted molar refractivity (Wildman–Crippen MR) is 67.2 cm³/mol. The van der Waals surface area contributed by atoms with Crippen molar-refractivity contribution in [2.24, 2.45) is 11.3 Å². The lowest BCUT2D eigenvalue weighted by atomic mass is 9.87. The number of amides is 1. The summed E-state index contributed by atoms with van der Waals surface area (Å²) in [6.45, 7) is 5.73. The molecular weight excluding hydrogens is 234 g/mol. The van der Waals surface area contributed by atoms with Crippen LogP contribution in [0.5, 0.6) is 0 Å². The lowest BCUT2D eigenvalue weighted by molar-refractivity contribution is -0.148. The van der Waals surface area contributed by atoms with Crippen molar-refractivity contribution >= 4 is 11.9 Å². The topological polar surface area (TPSA) is 66.8 Å². The molecule has 0 aromatic heterocycles. The van der Waals surface area contributed by atoms with Gasteiger partial charge in [0.25, 0.3) is 0 Å². The number of hydrogen-bond acceptors (Lipinski definition) is 3. The van der Waals surface area contributed by atoms with E-state index in [9.17, 15) is 9.59 Å². The highest BCUT2D eigenvalue weighted by Crippen LogP contribution is 2.26. The van der Waals surface area contributed by atoms with Gasteiger partial charge in [-0.3, -0.25) is 9.59 Å². The molecule has 0 aliphatic carbocycles. The summed E-state index contributed by atoms with van der Waals surface area (Å²) in [6, 6.07) is 0. The van der Waals surface area contributed by atoms with Crippen molar-refractivity contribution < 1.29 is 19.4 Å². The minimum atomic E-state index is -0.804. The van der Waals surface area contributed by atoms with E-state index in [0.717, 1.165) is 6.42 Å².